The lowest BCUT2D eigenvalue weighted by Crippen LogP contribution is -2.23. The molecule has 1 amide bonds. The first-order valence-electron chi connectivity index (χ1n) is 7.97. The summed E-state index contributed by atoms with van der Waals surface area (Å²) < 4.78 is 20.7. The van der Waals surface area contributed by atoms with Gasteiger partial charge in [-0.05, 0) is 46.9 Å². The number of pyridine rings is 1. The second-order valence-corrected chi connectivity index (χ2v) is 6.89. The van der Waals surface area contributed by atoms with Crippen LogP contribution in [0.25, 0.3) is 11.0 Å². The summed E-state index contributed by atoms with van der Waals surface area (Å²) in [5.41, 5.74) is 1.07. The molecule has 0 atom stereocenters. The monoisotopic (exact) mass is 477 g/mol. The summed E-state index contributed by atoms with van der Waals surface area (Å²) in [4.78, 5) is 23.7. The van der Waals surface area contributed by atoms with Crippen molar-refractivity contribution in [2.24, 2.45) is 0 Å². The van der Waals surface area contributed by atoms with E-state index in [9.17, 15) is 9.18 Å². The zero-order chi connectivity index (χ0) is 18.8. The van der Waals surface area contributed by atoms with Crippen LogP contribution in [0, 0.1) is 9.39 Å². The minimum Gasteiger partial charge on any atom is -0.448 e. The number of nitrogens with one attached hydrogen (secondary N) is 3. The summed E-state index contributed by atoms with van der Waals surface area (Å²) in [6.45, 7) is 0.207. The second kappa shape index (κ2) is 7.35. The van der Waals surface area contributed by atoms with E-state index in [2.05, 4.69) is 25.6 Å². The van der Waals surface area contributed by atoms with Crippen molar-refractivity contribution in [1.82, 2.24) is 20.3 Å². The molecule has 0 spiro atoms. The van der Waals surface area contributed by atoms with Crippen LogP contribution in [0.4, 0.5) is 15.8 Å². The molecule has 0 saturated heterocycles. The standard InChI is InChI=1S/C18H13FIN5O2/c19-12-7-10(20)1-2-13(12)25-16-11-8-21-4-3-14(11)27-17(16)18(26)24-9-15-22-5-6-23-15/h1-8,25H,9H2,(H,22,23)(H,24,26). The van der Waals surface area contributed by atoms with Gasteiger partial charge in [-0.1, -0.05) is 0 Å². The van der Waals surface area contributed by atoms with Crippen LogP contribution in [0.1, 0.15) is 16.4 Å². The molecule has 0 aliphatic carbocycles. The second-order valence-electron chi connectivity index (χ2n) is 5.65. The summed E-state index contributed by atoms with van der Waals surface area (Å²) in [7, 11) is 0. The number of anilines is 2. The van der Waals surface area contributed by atoms with E-state index in [-0.39, 0.29) is 18.0 Å². The molecule has 0 aliphatic rings. The number of benzene rings is 1. The Kier molecular flexibility index (Phi) is 4.75. The highest BCUT2D eigenvalue weighted by Gasteiger charge is 2.22. The van der Waals surface area contributed by atoms with Crippen LogP contribution in [0.3, 0.4) is 0 Å². The molecular formula is C18H13FIN5O2. The summed E-state index contributed by atoms with van der Waals surface area (Å²) in [5.74, 6) is -0.222. The van der Waals surface area contributed by atoms with Gasteiger partial charge in [0.15, 0.2) is 0 Å². The molecule has 0 fully saturated rings. The van der Waals surface area contributed by atoms with E-state index in [4.69, 9.17) is 4.42 Å². The Bertz CT molecular complexity index is 1110. The number of carbonyl (C=O) groups is 1. The number of fused-ring (bicyclic) bond motifs is 1. The Hall–Kier alpha value is -2.95. The molecule has 4 aromatic rings. The van der Waals surface area contributed by atoms with Crippen LogP contribution >= 0.6 is 22.6 Å². The Labute approximate surface area is 166 Å². The van der Waals surface area contributed by atoms with Crippen molar-refractivity contribution < 1.29 is 13.6 Å². The van der Waals surface area contributed by atoms with Crippen LogP contribution in [-0.2, 0) is 6.54 Å². The van der Waals surface area contributed by atoms with Gasteiger partial charge in [-0.25, -0.2) is 9.37 Å². The van der Waals surface area contributed by atoms with Crippen molar-refractivity contribution in [3.05, 3.63) is 70.0 Å². The van der Waals surface area contributed by atoms with E-state index in [1.165, 1.54) is 6.07 Å². The number of amides is 1. The first-order chi connectivity index (χ1) is 13.1. The Morgan fingerprint density at radius 3 is 2.96 bits per heavy atom. The maximum atomic E-state index is 14.3. The Balaban J connectivity index is 1.69. The largest absolute Gasteiger partial charge is 0.448 e. The number of furan rings is 1. The number of aromatic nitrogens is 3. The molecule has 136 valence electrons. The lowest BCUT2D eigenvalue weighted by atomic mass is 10.2. The maximum Gasteiger partial charge on any atom is 0.289 e. The number of hydrogen-bond donors (Lipinski definition) is 3. The molecule has 7 nitrogen and oxygen atoms in total. The number of H-pyrrole nitrogens is 1. The van der Waals surface area contributed by atoms with Crippen LogP contribution in [-0.4, -0.2) is 20.9 Å². The van der Waals surface area contributed by atoms with Gasteiger partial charge in [0.25, 0.3) is 5.91 Å². The molecule has 3 heterocycles. The fraction of sp³-hybridized carbons (Fsp3) is 0.0556. The lowest BCUT2D eigenvalue weighted by molar-refractivity contribution is 0.0925. The fourth-order valence-corrected chi connectivity index (χ4v) is 3.04. The SMILES string of the molecule is O=C(NCc1ncc[nH]1)c1oc2ccncc2c1Nc1ccc(I)cc1F. The van der Waals surface area contributed by atoms with E-state index in [1.807, 2.05) is 22.6 Å². The quantitative estimate of drug-likeness (QED) is 0.379. The first-order valence-corrected chi connectivity index (χ1v) is 9.05. The van der Waals surface area contributed by atoms with Gasteiger partial charge >= 0.3 is 0 Å². The molecule has 0 aliphatic heterocycles. The van der Waals surface area contributed by atoms with Gasteiger partial charge in [0.2, 0.25) is 5.76 Å². The van der Waals surface area contributed by atoms with Gasteiger partial charge in [-0.15, -0.1) is 0 Å². The van der Waals surface area contributed by atoms with E-state index < -0.39 is 11.7 Å². The molecule has 0 bridgehead atoms. The molecule has 4 rings (SSSR count). The van der Waals surface area contributed by atoms with E-state index in [0.717, 1.165) is 3.57 Å². The summed E-state index contributed by atoms with van der Waals surface area (Å²) in [6, 6.07) is 6.42. The number of halogens is 2. The van der Waals surface area contributed by atoms with Gasteiger partial charge in [0.1, 0.15) is 22.9 Å². The number of imidazole rings is 1. The zero-order valence-electron chi connectivity index (χ0n) is 13.8. The highest BCUT2D eigenvalue weighted by molar-refractivity contribution is 14.1. The van der Waals surface area contributed by atoms with Crippen LogP contribution < -0.4 is 10.6 Å². The van der Waals surface area contributed by atoms with E-state index in [0.29, 0.717) is 22.5 Å². The summed E-state index contributed by atoms with van der Waals surface area (Å²) in [6.07, 6.45) is 6.39. The molecule has 3 aromatic heterocycles. The smallest absolute Gasteiger partial charge is 0.289 e. The molecule has 0 saturated carbocycles. The van der Waals surface area contributed by atoms with Crippen LogP contribution in [0.2, 0.25) is 0 Å². The van der Waals surface area contributed by atoms with Gasteiger partial charge in [0.05, 0.1) is 17.6 Å². The van der Waals surface area contributed by atoms with Crippen molar-refractivity contribution in [3.8, 4) is 0 Å². The summed E-state index contributed by atoms with van der Waals surface area (Å²) in [5, 5.41) is 6.28. The Morgan fingerprint density at radius 2 is 2.19 bits per heavy atom. The van der Waals surface area contributed by atoms with Crippen molar-refractivity contribution in [1.29, 1.82) is 0 Å². The highest BCUT2D eigenvalue weighted by atomic mass is 127. The van der Waals surface area contributed by atoms with Crippen LogP contribution in [0.5, 0.6) is 0 Å². The van der Waals surface area contributed by atoms with Gasteiger partial charge in [-0.3, -0.25) is 9.78 Å². The van der Waals surface area contributed by atoms with Crippen molar-refractivity contribution in [2.75, 3.05) is 5.32 Å². The third-order valence-corrected chi connectivity index (χ3v) is 4.53. The third kappa shape index (κ3) is 3.63. The molecule has 0 unspecified atom stereocenters. The number of carbonyl (C=O) groups excluding carboxylic acids is 1. The number of rotatable bonds is 5. The fourth-order valence-electron chi connectivity index (χ4n) is 2.59. The minimum absolute atomic E-state index is 0.0440. The lowest BCUT2D eigenvalue weighted by Gasteiger charge is -2.09. The molecule has 9 heteroatoms. The zero-order valence-corrected chi connectivity index (χ0v) is 16.0. The third-order valence-electron chi connectivity index (χ3n) is 3.86. The molecule has 3 N–H and O–H groups in total. The average Bonchev–Trinajstić information content (AvgIpc) is 3.30. The van der Waals surface area contributed by atoms with Crippen molar-refractivity contribution >= 4 is 50.8 Å². The van der Waals surface area contributed by atoms with Gasteiger partial charge in [0, 0.05) is 28.4 Å². The number of nitrogens with zero attached hydrogens (tertiary/aromatic N) is 2. The number of hydrogen-bond acceptors (Lipinski definition) is 5. The maximum absolute atomic E-state index is 14.3. The van der Waals surface area contributed by atoms with Gasteiger partial charge in [-0.2, -0.15) is 0 Å². The van der Waals surface area contributed by atoms with Gasteiger partial charge < -0.3 is 20.0 Å². The van der Waals surface area contributed by atoms with E-state index >= 15 is 0 Å². The first kappa shape index (κ1) is 17.5. The molecular weight excluding hydrogens is 464 g/mol. The van der Waals surface area contributed by atoms with Crippen molar-refractivity contribution in [3.63, 3.8) is 0 Å². The Morgan fingerprint density at radius 1 is 1.30 bits per heavy atom. The van der Waals surface area contributed by atoms with Crippen molar-refractivity contribution in [2.45, 2.75) is 6.54 Å². The molecule has 27 heavy (non-hydrogen) atoms. The predicted molar refractivity (Wildman–Crippen MR) is 106 cm³/mol. The van der Waals surface area contributed by atoms with E-state index in [1.54, 1.807) is 43.0 Å². The molecule has 1 aromatic carbocycles. The molecule has 0 radical (unpaired) electrons. The highest BCUT2D eigenvalue weighted by Crippen LogP contribution is 2.33. The average molecular weight is 477 g/mol. The van der Waals surface area contributed by atoms with Crippen LogP contribution in [0.15, 0.2) is 53.5 Å². The minimum atomic E-state index is -0.448. The summed E-state index contributed by atoms with van der Waals surface area (Å²) >= 11 is 2.03. The number of aromatic amines is 1. The topological polar surface area (TPSA) is 95.8 Å². The predicted octanol–water partition coefficient (Wildman–Crippen LogP) is 3.97. The normalized spacial score (nSPS) is 10.9.